The largest absolute Gasteiger partial charge is 0.497 e. The van der Waals surface area contributed by atoms with Gasteiger partial charge in [-0.3, -0.25) is 9.59 Å². The molecule has 0 heterocycles. The number of hydrogen-bond acceptors (Lipinski definition) is 4. The lowest BCUT2D eigenvalue weighted by Gasteiger charge is -2.08. The lowest BCUT2D eigenvalue weighted by Crippen LogP contribution is -2.32. The van der Waals surface area contributed by atoms with Crippen LogP contribution in [0.4, 0.5) is 5.69 Å². The van der Waals surface area contributed by atoms with Crippen LogP contribution in [-0.4, -0.2) is 38.6 Å². The maximum Gasteiger partial charge on any atom is 0.238 e. The molecule has 116 valence electrons. The average Bonchev–Trinajstić information content (AvgIpc) is 2.49. The van der Waals surface area contributed by atoms with Gasteiger partial charge in [0.25, 0.3) is 0 Å². The highest BCUT2D eigenvalue weighted by Crippen LogP contribution is 2.16. The van der Waals surface area contributed by atoms with Gasteiger partial charge in [-0.25, -0.2) is 0 Å². The minimum absolute atomic E-state index is 0.00226. The summed E-state index contributed by atoms with van der Waals surface area (Å²) in [5.41, 5.74) is 0.682. The van der Waals surface area contributed by atoms with Crippen LogP contribution in [0.15, 0.2) is 24.3 Å². The summed E-state index contributed by atoms with van der Waals surface area (Å²) in [5, 5.41) is 8.47. The first-order chi connectivity index (χ1) is 10.2. The van der Waals surface area contributed by atoms with Crippen molar-refractivity contribution < 1.29 is 14.3 Å². The van der Waals surface area contributed by atoms with E-state index in [1.807, 2.05) is 13.0 Å². The summed E-state index contributed by atoms with van der Waals surface area (Å²) in [6.07, 6.45) is 1.29. The Hall–Kier alpha value is -2.08. The molecular weight excluding hydrogens is 270 g/mol. The van der Waals surface area contributed by atoms with E-state index in [0.717, 1.165) is 6.42 Å². The Labute approximate surface area is 125 Å². The average molecular weight is 293 g/mol. The fourth-order valence-corrected chi connectivity index (χ4v) is 1.66. The van der Waals surface area contributed by atoms with Crippen LogP contribution < -0.4 is 20.7 Å². The number of carbonyl (C=O) groups is 2. The van der Waals surface area contributed by atoms with E-state index in [2.05, 4.69) is 16.0 Å². The molecule has 0 fully saturated rings. The summed E-state index contributed by atoms with van der Waals surface area (Å²) in [6, 6.07) is 7.15. The van der Waals surface area contributed by atoms with Gasteiger partial charge in [0.1, 0.15) is 5.75 Å². The van der Waals surface area contributed by atoms with E-state index < -0.39 is 0 Å². The van der Waals surface area contributed by atoms with Crippen molar-refractivity contribution in [3.63, 3.8) is 0 Å². The zero-order valence-corrected chi connectivity index (χ0v) is 12.6. The zero-order chi connectivity index (χ0) is 15.5. The number of rotatable bonds is 9. The number of amides is 2. The number of nitrogens with one attached hydrogen (secondary N) is 3. The maximum atomic E-state index is 11.7. The van der Waals surface area contributed by atoms with Crippen molar-refractivity contribution in [2.45, 2.75) is 19.8 Å². The molecule has 1 aromatic rings. The summed E-state index contributed by atoms with van der Waals surface area (Å²) in [7, 11) is 1.58. The molecular formula is C15H23N3O3. The van der Waals surface area contributed by atoms with Crippen LogP contribution in [0.5, 0.6) is 5.75 Å². The van der Waals surface area contributed by atoms with E-state index in [1.54, 1.807) is 25.3 Å². The molecule has 0 saturated carbocycles. The monoisotopic (exact) mass is 293 g/mol. The summed E-state index contributed by atoms with van der Waals surface area (Å²) in [6.45, 7) is 3.33. The van der Waals surface area contributed by atoms with Gasteiger partial charge in [0.15, 0.2) is 0 Å². The van der Waals surface area contributed by atoms with Crippen LogP contribution in [0.1, 0.15) is 19.8 Å². The van der Waals surface area contributed by atoms with Gasteiger partial charge in [-0.2, -0.15) is 0 Å². The number of benzene rings is 1. The summed E-state index contributed by atoms with van der Waals surface area (Å²) in [5.74, 6) is 0.531. The third-order valence-electron chi connectivity index (χ3n) is 2.74. The van der Waals surface area contributed by atoms with Crippen LogP contribution in [0.2, 0.25) is 0 Å². The first-order valence-electron chi connectivity index (χ1n) is 7.07. The maximum absolute atomic E-state index is 11.7. The topological polar surface area (TPSA) is 79.5 Å². The number of methoxy groups -OCH3 is 1. The molecule has 6 nitrogen and oxygen atoms in total. The molecule has 0 aromatic heterocycles. The van der Waals surface area contributed by atoms with Gasteiger partial charge in [0.2, 0.25) is 11.8 Å². The number of ether oxygens (including phenoxy) is 1. The lowest BCUT2D eigenvalue weighted by molar-refractivity contribution is -0.121. The second-order valence-corrected chi connectivity index (χ2v) is 4.56. The van der Waals surface area contributed by atoms with E-state index in [-0.39, 0.29) is 18.4 Å². The summed E-state index contributed by atoms with van der Waals surface area (Å²) in [4.78, 5) is 23.1. The molecule has 0 aliphatic carbocycles. The summed E-state index contributed by atoms with van der Waals surface area (Å²) < 4.78 is 5.08. The zero-order valence-electron chi connectivity index (χ0n) is 12.6. The minimum atomic E-state index is -0.155. The molecule has 0 unspecified atom stereocenters. The molecule has 1 rings (SSSR count). The fourth-order valence-electron chi connectivity index (χ4n) is 1.66. The van der Waals surface area contributed by atoms with E-state index in [9.17, 15) is 9.59 Å². The molecule has 0 spiro atoms. The van der Waals surface area contributed by atoms with Gasteiger partial charge in [0.05, 0.1) is 13.7 Å². The van der Waals surface area contributed by atoms with Gasteiger partial charge < -0.3 is 20.7 Å². The molecule has 0 radical (unpaired) electrons. The van der Waals surface area contributed by atoms with Crippen molar-refractivity contribution in [2.75, 3.05) is 32.1 Å². The number of hydrogen-bond donors (Lipinski definition) is 3. The Morgan fingerprint density at radius 3 is 2.71 bits per heavy atom. The Balaban J connectivity index is 2.20. The predicted molar refractivity (Wildman–Crippen MR) is 82.4 cm³/mol. The summed E-state index contributed by atoms with van der Waals surface area (Å²) >= 11 is 0. The minimum Gasteiger partial charge on any atom is -0.497 e. The second kappa shape index (κ2) is 9.77. The molecule has 0 atom stereocenters. The molecule has 2 amide bonds. The molecule has 0 aliphatic heterocycles. The van der Waals surface area contributed by atoms with Crippen LogP contribution in [0.3, 0.4) is 0 Å². The Morgan fingerprint density at radius 1 is 1.19 bits per heavy atom. The van der Waals surface area contributed by atoms with Gasteiger partial charge in [-0.15, -0.1) is 0 Å². The van der Waals surface area contributed by atoms with Crippen LogP contribution in [0, 0.1) is 0 Å². The highest BCUT2D eigenvalue weighted by atomic mass is 16.5. The highest BCUT2D eigenvalue weighted by Gasteiger charge is 2.04. The lowest BCUT2D eigenvalue weighted by atomic mass is 10.3. The highest BCUT2D eigenvalue weighted by molar-refractivity contribution is 5.92. The van der Waals surface area contributed by atoms with E-state index >= 15 is 0 Å². The third-order valence-corrected chi connectivity index (χ3v) is 2.74. The van der Waals surface area contributed by atoms with E-state index in [4.69, 9.17) is 4.74 Å². The van der Waals surface area contributed by atoms with Crippen molar-refractivity contribution in [1.29, 1.82) is 0 Å². The number of carbonyl (C=O) groups excluding carboxylic acids is 2. The quantitative estimate of drug-likeness (QED) is 0.597. The molecule has 3 N–H and O–H groups in total. The Morgan fingerprint density at radius 2 is 2.00 bits per heavy atom. The van der Waals surface area contributed by atoms with Crippen molar-refractivity contribution >= 4 is 17.5 Å². The third kappa shape index (κ3) is 7.31. The Bertz CT molecular complexity index is 463. The Kier molecular flexibility index (Phi) is 7.89. The van der Waals surface area contributed by atoms with E-state index in [1.165, 1.54) is 0 Å². The smallest absolute Gasteiger partial charge is 0.238 e. The molecule has 0 bridgehead atoms. The van der Waals surface area contributed by atoms with E-state index in [0.29, 0.717) is 30.9 Å². The molecule has 0 aliphatic rings. The van der Waals surface area contributed by atoms with Gasteiger partial charge in [-0.1, -0.05) is 13.0 Å². The molecule has 21 heavy (non-hydrogen) atoms. The normalized spacial score (nSPS) is 10.0. The predicted octanol–water partition coefficient (Wildman–Crippen LogP) is 1.14. The van der Waals surface area contributed by atoms with Crippen molar-refractivity contribution in [3.8, 4) is 5.75 Å². The van der Waals surface area contributed by atoms with Crippen LogP contribution in [0.25, 0.3) is 0 Å². The molecule has 6 heteroatoms. The van der Waals surface area contributed by atoms with Crippen molar-refractivity contribution in [2.24, 2.45) is 0 Å². The number of anilines is 1. The van der Waals surface area contributed by atoms with Crippen molar-refractivity contribution in [1.82, 2.24) is 10.6 Å². The van der Waals surface area contributed by atoms with Gasteiger partial charge in [-0.05, 0) is 18.6 Å². The van der Waals surface area contributed by atoms with Crippen LogP contribution >= 0.6 is 0 Å². The molecule has 1 aromatic carbocycles. The van der Waals surface area contributed by atoms with Crippen molar-refractivity contribution in [3.05, 3.63) is 24.3 Å². The van der Waals surface area contributed by atoms with Gasteiger partial charge in [0, 0.05) is 31.3 Å². The molecule has 0 saturated heterocycles. The second-order valence-electron chi connectivity index (χ2n) is 4.56. The first-order valence-corrected chi connectivity index (χ1v) is 7.07. The standard InChI is InChI=1S/C15H23N3O3/c1-3-8-17-14(19)7-9-16-11-15(20)18-12-5-4-6-13(10-12)21-2/h4-6,10,16H,3,7-9,11H2,1-2H3,(H,17,19)(H,18,20). The SMILES string of the molecule is CCCNC(=O)CCNCC(=O)Nc1cccc(OC)c1. The first kappa shape index (κ1) is 17.0. The van der Waals surface area contributed by atoms with Gasteiger partial charge >= 0.3 is 0 Å². The van der Waals surface area contributed by atoms with Crippen LogP contribution in [-0.2, 0) is 9.59 Å². The fraction of sp³-hybridized carbons (Fsp3) is 0.467.